The van der Waals surface area contributed by atoms with Crippen LogP contribution in [0, 0.1) is 0 Å². The lowest BCUT2D eigenvalue weighted by molar-refractivity contribution is -0.169. The number of benzene rings is 1. The van der Waals surface area contributed by atoms with Crippen LogP contribution < -0.4 is 21.0 Å². The number of halogens is 3. The van der Waals surface area contributed by atoms with Crippen LogP contribution in [0.5, 0.6) is 0 Å². The van der Waals surface area contributed by atoms with E-state index in [-0.39, 0.29) is 34.4 Å². The van der Waals surface area contributed by atoms with Crippen molar-refractivity contribution in [1.82, 2.24) is 9.66 Å². The Morgan fingerprint density at radius 2 is 1.74 bits per heavy atom. The van der Waals surface area contributed by atoms with Crippen LogP contribution in [-0.2, 0) is 25.7 Å². The molecule has 31 heavy (non-hydrogen) atoms. The van der Waals surface area contributed by atoms with E-state index in [4.69, 9.17) is 9.47 Å². The fourth-order valence-electron chi connectivity index (χ4n) is 3.86. The number of alkyl halides is 3. The maximum Gasteiger partial charge on any atom is 0.418 e. The molecule has 2 N–H and O–H groups in total. The Kier molecular flexibility index (Phi) is 5.05. The number of hydrogen-bond donors (Lipinski definition) is 2. The molecule has 2 saturated heterocycles. The normalized spacial score (nSPS) is 19.3. The van der Waals surface area contributed by atoms with Crippen molar-refractivity contribution in [1.29, 1.82) is 0 Å². The van der Waals surface area contributed by atoms with E-state index in [0.29, 0.717) is 32.1 Å². The number of anilines is 1. The third-order valence-corrected chi connectivity index (χ3v) is 5.77. The van der Waals surface area contributed by atoms with Crippen LogP contribution in [0.25, 0.3) is 10.9 Å². The van der Waals surface area contributed by atoms with Crippen LogP contribution >= 0.6 is 0 Å². The third kappa shape index (κ3) is 4.14. The van der Waals surface area contributed by atoms with Gasteiger partial charge in [0, 0.05) is 31.6 Å². The molecule has 0 atom stereocenters. The Bertz CT molecular complexity index is 1240. The van der Waals surface area contributed by atoms with Crippen molar-refractivity contribution in [3.63, 3.8) is 0 Å². The summed E-state index contributed by atoms with van der Waals surface area (Å²) < 4.78 is 75.7. The molecule has 0 radical (unpaired) electrons. The van der Waals surface area contributed by atoms with E-state index in [1.807, 2.05) is 0 Å². The number of hydrogen-bond acceptors (Lipinski definition) is 7. The SMILES string of the molecule is CS(=O)(=O)Nn1c(=O)[nH]c2cc(C(F)(F)F)c(N3CCC4(CC3)OCCO4)cc2c1=O. The number of aromatic nitrogens is 2. The number of aromatic amines is 1. The number of piperidine rings is 1. The molecule has 170 valence electrons. The first-order chi connectivity index (χ1) is 14.4. The second kappa shape index (κ2) is 7.24. The molecule has 4 rings (SSSR count). The largest absolute Gasteiger partial charge is 0.418 e. The Morgan fingerprint density at radius 3 is 2.29 bits per heavy atom. The molecule has 1 aromatic heterocycles. The number of rotatable bonds is 3. The van der Waals surface area contributed by atoms with Gasteiger partial charge in [-0.05, 0) is 12.1 Å². The lowest BCUT2D eigenvalue weighted by Gasteiger charge is -2.39. The van der Waals surface area contributed by atoms with E-state index in [1.54, 1.807) is 4.83 Å². The number of ether oxygens (including phenoxy) is 2. The van der Waals surface area contributed by atoms with Gasteiger partial charge in [-0.3, -0.25) is 4.79 Å². The maximum atomic E-state index is 13.8. The summed E-state index contributed by atoms with van der Waals surface area (Å²) in [5.74, 6) is -0.802. The van der Waals surface area contributed by atoms with E-state index < -0.39 is 38.8 Å². The number of nitrogens with one attached hydrogen (secondary N) is 2. The zero-order chi connectivity index (χ0) is 22.6. The van der Waals surface area contributed by atoms with Crippen LogP contribution in [0.1, 0.15) is 18.4 Å². The van der Waals surface area contributed by atoms with Gasteiger partial charge in [0.05, 0.1) is 35.9 Å². The van der Waals surface area contributed by atoms with Gasteiger partial charge in [0.1, 0.15) is 0 Å². The summed E-state index contributed by atoms with van der Waals surface area (Å²) in [5, 5.41) is -0.271. The molecule has 2 aliphatic heterocycles. The van der Waals surface area contributed by atoms with Gasteiger partial charge in [0.25, 0.3) is 5.56 Å². The molecule has 1 spiro atoms. The highest BCUT2D eigenvalue weighted by atomic mass is 32.2. The quantitative estimate of drug-likeness (QED) is 0.680. The van der Waals surface area contributed by atoms with Crippen LogP contribution in [0.2, 0.25) is 0 Å². The summed E-state index contributed by atoms with van der Waals surface area (Å²) in [5.41, 5.74) is -3.92. The van der Waals surface area contributed by atoms with Crippen molar-refractivity contribution in [3.05, 3.63) is 38.5 Å². The number of sulfonamides is 1. The van der Waals surface area contributed by atoms with Gasteiger partial charge in [-0.1, -0.05) is 0 Å². The first-order valence-electron chi connectivity index (χ1n) is 9.30. The molecule has 3 heterocycles. The monoisotopic (exact) mass is 464 g/mol. The molecule has 0 amide bonds. The minimum absolute atomic E-state index is 0.188. The highest BCUT2D eigenvalue weighted by Gasteiger charge is 2.42. The molecular formula is C17H19F3N4O6S. The Hall–Kier alpha value is -2.58. The average Bonchev–Trinajstić information content (AvgIpc) is 3.11. The van der Waals surface area contributed by atoms with Crippen molar-refractivity contribution in [2.45, 2.75) is 24.8 Å². The predicted molar refractivity (Wildman–Crippen MR) is 104 cm³/mol. The van der Waals surface area contributed by atoms with Crippen molar-refractivity contribution in [2.75, 3.05) is 42.3 Å². The van der Waals surface area contributed by atoms with Gasteiger partial charge in [-0.25, -0.2) is 18.0 Å². The van der Waals surface area contributed by atoms with Crippen LogP contribution in [0.15, 0.2) is 21.7 Å². The average molecular weight is 464 g/mol. The highest BCUT2D eigenvalue weighted by Crippen LogP contribution is 2.41. The van der Waals surface area contributed by atoms with E-state index in [1.165, 1.54) is 4.90 Å². The lowest BCUT2D eigenvalue weighted by atomic mass is 10.0. The summed E-state index contributed by atoms with van der Waals surface area (Å²) in [6.07, 6.45) is -3.34. The minimum Gasteiger partial charge on any atom is -0.371 e. The maximum absolute atomic E-state index is 13.8. The summed E-state index contributed by atoms with van der Waals surface area (Å²) in [4.78, 5) is 30.1. The van der Waals surface area contributed by atoms with Gasteiger partial charge in [-0.15, -0.1) is 0 Å². The molecule has 1 aromatic carbocycles. The first-order valence-corrected chi connectivity index (χ1v) is 11.2. The van der Waals surface area contributed by atoms with Gasteiger partial charge in [0.15, 0.2) is 5.79 Å². The molecule has 2 aliphatic rings. The van der Waals surface area contributed by atoms with E-state index >= 15 is 0 Å². The van der Waals surface area contributed by atoms with Gasteiger partial charge < -0.3 is 19.4 Å². The second-order valence-corrected chi connectivity index (χ2v) is 9.17. The summed E-state index contributed by atoms with van der Waals surface area (Å²) in [6, 6.07) is 1.70. The summed E-state index contributed by atoms with van der Waals surface area (Å²) in [7, 11) is -3.99. The number of fused-ring (bicyclic) bond motifs is 1. The number of H-pyrrole nitrogens is 1. The lowest BCUT2D eigenvalue weighted by Crippen LogP contribution is -2.46. The molecule has 0 saturated carbocycles. The van der Waals surface area contributed by atoms with E-state index in [0.717, 1.165) is 12.3 Å². The van der Waals surface area contributed by atoms with Gasteiger partial charge >= 0.3 is 11.9 Å². The molecule has 14 heteroatoms. The van der Waals surface area contributed by atoms with Crippen LogP contribution in [0.3, 0.4) is 0 Å². The Balaban J connectivity index is 1.83. The van der Waals surface area contributed by atoms with Gasteiger partial charge in [-0.2, -0.15) is 17.8 Å². The molecule has 0 aliphatic carbocycles. The fraction of sp³-hybridized carbons (Fsp3) is 0.529. The molecular weight excluding hydrogens is 445 g/mol. The predicted octanol–water partition coefficient (Wildman–Crippen LogP) is 0.555. The molecule has 0 bridgehead atoms. The summed E-state index contributed by atoms with van der Waals surface area (Å²) in [6.45, 7) is 1.22. The van der Waals surface area contributed by atoms with Crippen molar-refractivity contribution >= 4 is 26.6 Å². The third-order valence-electron chi connectivity index (χ3n) is 5.26. The molecule has 2 fully saturated rings. The zero-order valence-electron chi connectivity index (χ0n) is 16.3. The van der Waals surface area contributed by atoms with E-state index in [2.05, 4.69) is 4.98 Å². The smallest absolute Gasteiger partial charge is 0.371 e. The zero-order valence-corrected chi connectivity index (χ0v) is 17.1. The molecule has 2 aromatic rings. The molecule has 10 nitrogen and oxygen atoms in total. The Morgan fingerprint density at radius 1 is 1.13 bits per heavy atom. The van der Waals surface area contributed by atoms with Crippen molar-refractivity contribution < 1.29 is 31.1 Å². The summed E-state index contributed by atoms with van der Waals surface area (Å²) >= 11 is 0. The minimum atomic E-state index is -4.75. The second-order valence-electron chi connectivity index (χ2n) is 7.44. The standard InChI is InChI=1S/C17H19F3N4O6S/c1-31(27,28)22-24-14(25)10-8-13(11(17(18,19)20)9-12(10)21-15(24)26)23-4-2-16(3-5-23)29-6-7-30-16/h8-9,22H,2-7H2,1H3,(H,21,26). The highest BCUT2D eigenvalue weighted by molar-refractivity contribution is 7.91. The Labute approximate surface area is 173 Å². The van der Waals surface area contributed by atoms with E-state index in [9.17, 15) is 31.2 Å². The van der Waals surface area contributed by atoms with Crippen LogP contribution in [0.4, 0.5) is 18.9 Å². The van der Waals surface area contributed by atoms with Crippen molar-refractivity contribution in [3.8, 4) is 0 Å². The molecule has 0 unspecified atom stereocenters. The van der Waals surface area contributed by atoms with Gasteiger partial charge in [0.2, 0.25) is 10.0 Å². The number of nitrogens with zero attached hydrogens (tertiary/aromatic N) is 2. The fourth-order valence-corrected chi connectivity index (χ4v) is 4.36. The topological polar surface area (TPSA) is 123 Å². The van der Waals surface area contributed by atoms with Crippen LogP contribution in [-0.4, -0.2) is 56.4 Å². The van der Waals surface area contributed by atoms with Crippen molar-refractivity contribution in [2.24, 2.45) is 0 Å². The first kappa shape index (κ1) is 21.6.